The third-order valence-electron chi connectivity index (χ3n) is 3.54. The predicted molar refractivity (Wildman–Crippen MR) is 85.8 cm³/mol. The second-order valence-corrected chi connectivity index (χ2v) is 6.69. The van der Waals surface area contributed by atoms with E-state index in [1.54, 1.807) is 32.9 Å². The molecule has 1 aromatic carbocycles. The molecule has 8 heteroatoms. The molecular formula is C17H20F2N2O4. The Bertz CT molecular complexity index is 652. The Morgan fingerprint density at radius 2 is 1.72 bits per heavy atom. The van der Waals surface area contributed by atoms with Gasteiger partial charge >= 0.3 is 6.09 Å². The van der Waals surface area contributed by atoms with E-state index in [1.165, 1.54) is 12.1 Å². The number of rotatable bonds is 5. The van der Waals surface area contributed by atoms with Gasteiger partial charge in [0.2, 0.25) is 0 Å². The van der Waals surface area contributed by atoms with Crippen molar-refractivity contribution in [1.82, 2.24) is 10.2 Å². The van der Waals surface area contributed by atoms with Crippen LogP contribution in [0.25, 0.3) is 0 Å². The van der Waals surface area contributed by atoms with Gasteiger partial charge in [0, 0.05) is 0 Å². The van der Waals surface area contributed by atoms with Crippen molar-refractivity contribution in [2.75, 3.05) is 13.2 Å². The quantitative estimate of drug-likeness (QED) is 0.825. The van der Waals surface area contributed by atoms with Crippen LogP contribution in [-0.4, -0.2) is 53.8 Å². The number of carbonyl (C=O) groups excluding carboxylic acids is 3. The van der Waals surface area contributed by atoms with Gasteiger partial charge < -0.3 is 10.1 Å². The zero-order valence-electron chi connectivity index (χ0n) is 14.2. The van der Waals surface area contributed by atoms with E-state index in [1.807, 2.05) is 0 Å². The maximum absolute atomic E-state index is 14.4. The van der Waals surface area contributed by atoms with Gasteiger partial charge in [-0.05, 0) is 32.9 Å². The Morgan fingerprint density at radius 1 is 1.20 bits per heavy atom. The second kappa shape index (κ2) is 7.16. The van der Waals surface area contributed by atoms with Crippen molar-refractivity contribution in [2.24, 2.45) is 0 Å². The van der Waals surface area contributed by atoms with Crippen molar-refractivity contribution in [3.05, 3.63) is 35.4 Å². The molecule has 1 N–H and O–H groups in total. The molecule has 6 nitrogen and oxygen atoms in total. The molecule has 136 valence electrons. The van der Waals surface area contributed by atoms with E-state index in [-0.39, 0.29) is 11.1 Å². The number of alkyl halides is 2. The van der Waals surface area contributed by atoms with E-state index in [0.29, 0.717) is 0 Å². The molecule has 1 aliphatic heterocycles. The fourth-order valence-corrected chi connectivity index (χ4v) is 2.39. The molecular weight excluding hydrogens is 334 g/mol. The zero-order chi connectivity index (χ0) is 18.8. The molecule has 2 unspecified atom stereocenters. The number of hydrogen-bond donors (Lipinski definition) is 1. The van der Waals surface area contributed by atoms with Crippen LogP contribution in [0.15, 0.2) is 24.3 Å². The maximum Gasteiger partial charge on any atom is 0.408 e. The number of ether oxygens (including phenoxy) is 1. The highest BCUT2D eigenvalue weighted by atomic mass is 19.1. The van der Waals surface area contributed by atoms with Gasteiger partial charge in [-0.2, -0.15) is 0 Å². The monoisotopic (exact) mass is 354 g/mol. The second-order valence-electron chi connectivity index (χ2n) is 6.69. The number of nitrogens with one attached hydrogen (secondary N) is 1. The van der Waals surface area contributed by atoms with Gasteiger partial charge in [0.05, 0.1) is 23.7 Å². The van der Waals surface area contributed by atoms with Crippen LogP contribution in [0.4, 0.5) is 13.6 Å². The van der Waals surface area contributed by atoms with Crippen LogP contribution in [-0.2, 0) is 4.74 Å². The SMILES string of the molecule is CC(C)(C)OC(=O)NC(CF)C(F)CN1C(=O)c2ccccc2C1=O. The maximum atomic E-state index is 14.4. The third kappa shape index (κ3) is 4.32. The van der Waals surface area contributed by atoms with Crippen LogP contribution in [0, 0.1) is 0 Å². The molecule has 0 aromatic heterocycles. The van der Waals surface area contributed by atoms with Gasteiger partial charge in [-0.15, -0.1) is 0 Å². The summed E-state index contributed by atoms with van der Waals surface area (Å²) in [5, 5.41) is 2.09. The third-order valence-corrected chi connectivity index (χ3v) is 3.54. The van der Waals surface area contributed by atoms with Crippen LogP contribution < -0.4 is 5.32 Å². The Labute approximate surface area is 144 Å². The number of fused-ring (bicyclic) bond motifs is 1. The fourth-order valence-electron chi connectivity index (χ4n) is 2.39. The van der Waals surface area contributed by atoms with E-state index in [0.717, 1.165) is 4.90 Å². The smallest absolute Gasteiger partial charge is 0.408 e. The topological polar surface area (TPSA) is 75.7 Å². The van der Waals surface area contributed by atoms with Gasteiger partial charge in [0.25, 0.3) is 11.8 Å². The van der Waals surface area contributed by atoms with E-state index in [2.05, 4.69) is 5.32 Å². The first-order valence-corrected chi connectivity index (χ1v) is 7.79. The molecule has 25 heavy (non-hydrogen) atoms. The summed E-state index contributed by atoms with van der Waals surface area (Å²) in [5.74, 6) is -1.28. The highest BCUT2D eigenvalue weighted by Gasteiger charge is 2.38. The van der Waals surface area contributed by atoms with Crippen LogP contribution >= 0.6 is 0 Å². The van der Waals surface area contributed by atoms with E-state index < -0.39 is 48.9 Å². The molecule has 0 aliphatic carbocycles. The number of imide groups is 1. The minimum Gasteiger partial charge on any atom is -0.444 e. The van der Waals surface area contributed by atoms with Crippen molar-refractivity contribution in [3.8, 4) is 0 Å². The summed E-state index contributed by atoms with van der Waals surface area (Å²) in [5.41, 5.74) is -0.465. The summed E-state index contributed by atoms with van der Waals surface area (Å²) in [6.45, 7) is 2.98. The molecule has 1 aromatic rings. The zero-order valence-corrected chi connectivity index (χ0v) is 14.2. The highest BCUT2D eigenvalue weighted by Crippen LogP contribution is 2.23. The lowest BCUT2D eigenvalue weighted by Gasteiger charge is -2.25. The highest BCUT2D eigenvalue weighted by molar-refractivity contribution is 6.21. The molecule has 0 saturated carbocycles. The summed E-state index contributed by atoms with van der Waals surface area (Å²) in [6.07, 6.45) is -2.94. The first kappa shape index (κ1) is 18.8. The molecule has 1 aliphatic rings. The van der Waals surface area contributed by atoms with Gasteiger partial charge in [0.1, 0.15) is 18.4 Å². The summed E-state index contributed by atoms with van der Waals surface area (Å²) >= 11 is 0. The lowest BCUT2D eigenvalue weighted by molar-refractivity contribution is 0.0434. The summed E-state index contributed by atoms with van der Waals surface area (Å²) in [7, 11) is 0. The number of carbonyl (C=O) groups is 3. The van der Waals surface area contributed by atoms with Crippen LogP contribution in [0.5, 0.6) is 0 Å². The van der Waals surface area contributed by atoms with Gasteiger partial charge in [0.15, 0.2) is 0 Å². The largest absolute Gasteiger partial charge is 0.444 e. The molecule has 0 spiro atoms. The first-order valence-electron chi connectivity index (χ1n) is 7.79. The van der Waals surface area contributed by atoms with Crippen molar-refractivity contribution < 1.29 is 27.9 Å². The Hall–Kier alpha value is -2.51. The van der Waals surface area contributed by atoms with Crippen molar-refractivity contribution in [3.63, 3.8) is 0 Å². The summed E-state index contributed by atoms with van der Waals surface area (Å²) in [4.78, 5) is 36.8. The van der Waals surface area contributed by atoms with Crippen molar-refractivity contribution in [2.45, 2.75) is 38.6 Å². The molecule has 0 radical (unpaired) electrons. The Morgan fingerprint density at radius 3 is 2.16 bits per heavy atom. The van der Waals surface area contributed by atoms with Crippen LogP contribution in [0.3, 0.4) is 0 Å². The Balaban J connectivity index is 2.03. The number of halogens is 2. The number of nitrogens with zero attached hydrogens (tertiary/aromatic N) is 1. The molecule has 0 saturated heterocycles. The average Bonchev–Trinajstić information content (AvgIpc) is 2.76. The minimum absolute atomic E-state index is 0.177. The molecule has 3 amide bonds. The average molecular weight is 354 g/mol. The van der Waals surface area contributed by atoms with Crippen LogP contribution in [0.2, 0.25) is 0 Å². The number of hydrogen-bond acceptors (Lipinski definition) is 4. The number of benzene rings is 1. The number of alkyl carbamates (subject to hydrolysis) is 1. The number of amides is 3. The fraction of sp³-hybridized carbons (Fsp3) is 0.471. The van der Waals surface area contributed by atoms with Crippen molar-refractivity contribution >= 4 is 17.9 Å². The molecule has 1 heterocycles. The summed E-state index contributed by atoms with van der Waals surface area (Å²) in [6, 6.07) is 4.59. The summed E-state index contributed by atoms with van der Waals surface area (Å²) < 4.78 is 32.5. The minimum atomic E-state index is -1.97. The van der Waals surface area contributed by atoms with Gasteiger partial charge in [-0.25, -0.2) is 13.6 Å². The van der Waals surface area contributed by atoms with Crippen LogP contribution in [0.1, 0.15) is 41.5 Å². The molecule has 2 atom stereocenters. The Kier molecular flexibility index (Phi) is 5.39. The van der Waals surface area contributed by atoms with Gasteiger partial charge in [-0.3, -0.25) is 14.5 Å². The molecule has 0 fully saturated rings. The first-order chi connectivity index (χ1) is 11.6. The van der Waals surface area contributed by atoms with E-state index >= 15 is 0 Å². The van der Waals surface area contributed by atoms with E-state index in [9.17, 15) is 23.2 Å². The van der Waals surface area contributed by atoms with E-state index in [4.69, 9.17) is 4.74 Å². The molecule has 0 bridgehead atoms. The standard InChI is InChI=1S/C17H20F2N2O4/c1-17(2,3)25-16(24)20-13(8-18)12(19)9-21-14(22)10-6-4-5-7-11(10)15(21)23/h4-7,12-13H,8-9H2,1-3H3,(H,20,24). The predicted octanol–water partition coefficient (Wildman–Crippen LogP) is 2.48. The molecule has 2 rings (SSSR count). The lowest BCUT2D eigenvalue weighted by Crippen LogP contribution is -2.49. The lowest BCUT2D eigenvalue weighted by atomic mass is 10.1. The normalized spacial score (nSPS) is 16.4. The van der Waals surface area contributed by atoms with Gasteiger partial charge in [-0.1, -0.05) is 12.1 Å². The van der Waals surface area contributed by atoms with Crippen molar-refractivity contribution in [1.29, 1.82) is 0 Å².